The maximum absolute atomic E-state index is 12.6. The van der Waals surface area contributed by atoms with Crippen LogP contribution < -0.4 is 10.1 Å². The number of aliphatic carboxylic acids is 1. The van der Waals surface area contributed by atoms with Gasteiger partial charge in [0.1, 0.15) is 11.8 Å². The Kier molecular flexibility index (Phi) is 4.23. The summed E-state index contributed by atoms with van der Waals surface area (Å²) in [6.07, 6.45) is 0. The molecule has 1 heterocycles. The highest BCUT2D eigenvalue weighted by Crippen LogP contribution is 2.41. The molecule has 0 saturated carbocycles. The number of thioether (sulfide) groups is 1. The maximum atomic E-state index is 12.6. The van der Waals surface area contributed by atoms with E-state index in [2.05, 4.69) is 5.32 Å². The van der Waals surface area contributed by atoms with Gasteiger partial charge in [-0.25, -0.2) is 8.42 Å². The SMILES string of the molecule is COc1ccc(S(=O)(=O)C2N[C@@H](C(=O)O)C(C)(C)S2)cc1. The Hall–Kier alpha value is -1.25. The van der Waals surface area contributed by atoms with Gasteiger partial charge in [0.05, 0.1) is 12.0 Å². The topological polar surface area (TPSA) is 92.7 Å². The lowest BCUT2D eigenvalue weighted by Gasteiger charge is -2.20. The minimum Gasteiger partial charge on any atom is -0.497 e. The zero-order chi connectivity index (χ0) is 15.8. The lowest BCUT2D eigenvalue weighted by Crippen LogP contribution is -2.45. The average molecular weight is 331 g/mol. The number of nitrogens with one attached hydrogen (secondary N) is 1. The lowest BCUT2D eigenvalue weighted by molar-refractivity contribution is -0.139. The van der Waals surface area contributed by atoms with Gasteiger partial charge in [0.2, 0.25) is 9.84 Å². The minimum atomic E-state index is -3.67. The molecule has 1 aliphatic rings. The van der Waals surface area contributed by atoms with Gasteiger partial charge in [0.25, 0.3) is 0 Å². The highest BCUT2D eigenvalue weighted by molar-refractivity contribution is 8.14. The van der Waals surface area contributed by atoms with Crippen LogP contribution in [-0.4, -0.2) is 42.1 Å². The van der Waals surface area contributed by atoms with Crippen molar-refractivity contribution < 1.29 is 23.1 Å². The Bertz CT molecular complexity index is 639. The van der Waals surface area contributed by atoms with Crippen LogP contribution in [0.1, 0.15) is 13.8 Å². The fraction of sp³-hybridized carbons (Fsp3) is 0.462. The van der Waals surface area contributed by atoms with E-state index in [0.717, 1.165) is 11.8 Å². The number of hydrogen-bond donors (Lipinski definition) is 2. The molecular formula is C13H17NO5S2. The quantitative estimate of drug-likeness (QED) is 0.859. The number of methoxy groups -OCH3 is 1. The average Bonchev–Trinajstić information content (AvgIpc) is 2.75. The van der Waals surface area contributed by atoms with Crippen molar-refractivity contribution >= 4 is 27.6 Å². The van der Waals surface area contributed by atoms with Gasteiger partial charge in [-0.15, -0.1) is 11.8 Å². The lowest BCUT2D eigenvalue weighted by atomic mass is 10.0. The van der Waals surface area contributed by atoms with Gasteiger partial charge >= 0.3 is 5.97 Å². The first-order chi connectivity index (χ1) is 9.68. The molecule has 1 saturated heterocycles. The third-order valence-electron chi connectivity index (χ3n) is 3.33. The Morgan fingerprint density at radius 1 is 1.33 bits per heavy atom. The Labute approximate surface area is 127 Å². The van der Waals surface area contributed by atoms with E-state index in [1.165, 1.54) is 19.2 Å². The van der Waals surface area contributed by atoms with Crippen LogP contribution in [0.2, 0.25) is 0 Å². The number of carboxylic acids is 1. The number of sulfone groups is 1. The first kappa shape index (κ1) is 16.1. The summed E-state index contributed by atoms with van der Waals surface area (Å²) in [5, 5.41) is 11.9. The van der Waals surface area contributed by atoms with Crippen LogP contribution in [0.25, 0.3) is 0 Å². The van der Waals surface area contributed by atoms with Crippen molar-refractivity contribution in [1.29, 1.82) is 0 Å². The Morgan fingerprint density at radius 3 is 2.33 bits per heavy atom. The third kappa shape index (κ3) is 3.02. The first-order valence-corrected chi connectivity index (χ1v) is 8.66. The third-order valence-corrected chi connectivity index (χ3v) is 7.20. The molecule has 6 nitrogen and oxygen atoms in total. The zero-order valence-electron chi connectivity index (χ0n) is 11.9. The fourth-order valence-corrected chi connectivity index (χ4v) is 5.85. The normalized spacial score (nSPS) is 24.7. The van der Waals surface area contributed by atoms with Gasteiger partial charge in [-0.3, -0.25) is 10.1 Å². The molecule has 1 aliphatic heterocycles. The van der Waals surface area contributed by atoms with Crippen molar-refractivity contribution in [3.8, 4) is 5.75 Å². The van der Waals surface area contributed by atoms with E-state index in [1.807, 2.05) is 0 Å². The molecular weight excluding hydrogens is 314 g/mol. The van der Waals surface area contributed by atoms with Crippen LogP contribution in [0.5, 0.6) is 5.75 Å². The van der Waals surface area contributed by atoms with Gasteiger partial charge in [0.15, 0.2) is 4.71 Å². The maximum Gasteiger partial charge on any atom is 0.322 e. The molecule has 2 atom stereocenters. The Morgan fingerprint density at radius 2 is 1.90 bits per heavy atom. The van der Waals surface area contributed by atoms with Gasteiger partial charge in [0, 0.05) is 4.75 Å². The van der Waals surface area contributed by atoms with Crippen LogP contribution >= 0.6 is 11.8 Å². The molecule has 1 fully saturated rings. The highest BCUT2D eigenvalue weighted by atomic mass is 32.3. The van der Waals surface area contributed by atoms with E-state index in [4.69, 9.17) is 4.74 Å². The summed E-state index contributed by atoms with van der Waals surface area (Å²) in [7, 11) is -2.17. The van der Waals surface area contributed by atoms with Crippen molar-refractivity contribution in [1.82, 2.24) is 5.32 Å². The summed E-state index contributed by atoms with van der Waals surface area (Å²) in [4.78, 5) is 11.4. The molecule has 21 heavy (non-hydrogen) atoms. The second-order valence-electron chi connectivity index (χ2n) is 5.21. The summed E-state index contributed by atoms with van der Waals surface area (Å²) in [6.45, 7) is 3.43. The Balaban J connectivity index is 2.30. The molecule has 116 valence electrons. The van der Waals surface area contributed by atoms with Crippen LogP contribution in [0.4, 0.5) is 0 Å². The molecule has 1 aromatic carbocycles. The van der Waals surface area contributed by atoms with Crippen molar-refractivity contribution in [2.45, 2.75) is 34.2 Å². The molecule has 1 unspecified atom stereocenters. The molecule has 0 radical (unpaired) electrons. The number of hydrogen-bond acceptors (Lipinski definition) is 6. The molecule has 0 spiro atoms. The van der Waals surface area contributed by atoms with Crippen LogP contribution in [-0.2, 0) is 14.6 Å². The molecule has 0 amide bonds. The predicted molar refractivity (Wildman–Crippen MR) is 80.2 cm³/mol. The van der Waals surface area contributed by atoms with Crippen molar-refractivity contribution in [3.05, 3.63) is 24.3 Å². The van der Waals surface area contributed by atoms with Crippen molar-refractivity contribution in [2.75, 3.05) is 7.11 Å². The summed E-state index contributed by atoms with van der Waals surface area (Å²) in [5.74, 6) is -0.496. The van der Waals surface area contributed by atoms with Gasteiger partial charge in [-0.05, 0) is 38.1 Å². The predicted octanol–water partition coefficient (Wildman–Crippen LogP) is 1.32. The van der Waals surface area contributed by atoms with Crippen LogP contribution in [0, 0.1) is 0 Å². The van der Waals surface area contributed by atoms with E-state index < -0.39 is 31.3 Å². The summed E-state index contributed by atoms with van der Waals surface area (Å²) >= 11 is 1.10. The molecule has 2 N–H and O–H groups in total. The molecule has 8 heteroatoms. The standard InChI is InChI=1S/C13H17NO5S2/c1-13(2)10(11(15)16)14-12(20-13)21(17,18)9-6-4-8(19-3)5-7-9/h4-7,10,12,14H,1-3H3,(H,15,16)/t10-,12?/m0/s1. The largest absolute Gasteiger partial charge is 0.497 e. The zero-order valence-corrected chi connectivity index (χ0v) is 13.5. The van der Waals surface area contributed by atoms with E-state index >= 15 is 0 Å². The van der Waals surface area contributed by atoms with E-state index in [1.54, 1.807) is 26.0 Å². The van der Waals surface area contributed by atoms with Crippen LogP contribution in [0.15, 0.2) is 29.2 Å². The number of rotatable bonds is 4. The fourth-order valence-electron chi connectivity index (χ4n) is 2.13. The number of carboxylic acid groups (broad SMARTS) is 1. The minimum absolute atomic E-state index is 0.134. The van der Waals surface area contributed by atoms with E-state index in [0.29, 0.717) is 5.75 Å². The number of carbonyl (C=O) groups is 1. The van der Waals surface area contributed by atoms with Crippen LogP contribution in [0.3, 0.4) is 0 Å². The van der Waals surface area contributed by atoms with Gasteiger partial charge in [-0.1, -0.05) is 0 Å². The highest BCUT2D eigenvalue weighted by Gasteiger charge is 2.49. The molecule has 0 aromatic heterocycles. The molecule has 1 aromatic rings. The molecule has 2 rings (SSSR count). The van der Waals surface area contributed by atoms with E-state index in [9.17, 15) is 18.3 Å². The number of ether oxygens (including phenoxy) is 1. The van der Waals surface area contributed by atoms with E-state index in [-0.39, 0.29) is 4.90 Å². The summed E-state index contributed by atoms with van der Waals surface area (Å²) in [6, 6.07) is 5.12. The van der Waals surface area contributed by atoms with Gasteiger partial charge < -0.3 is 9.84 Å². The van der Waals surface area contributed by atoms with Gasteiger partial charge in [-0.2, -0.15) is 0 Å². The second-order valence-corrected chi connectivity index (χ2v) is 9.30. The monoisotopic (exact) mass is 331 g/mol. The van der Waals surface area contributed by atoms with Crippen molar-refractivity contribution in [3.63, 3.8) is 0 Å². The first-order valence-electron chi connectivity index (χ1n) is 6.23. The summed E-state index contributed by atoms with van der Waals surface area (Å²) < 4.78 is 28.4. The van der Waals surface area contributed by atoms with Crippen molar-refractivity contribution in [2.24, 2.45) is 0 Å². The smallest absolute Gasteiger partial charge is 0.322 e. The molecule has 0 aliphatic carbocycles. The number of benzene rings is 1. The summed E-state index contributed by atoms with van der Waals surface area (Å²) in [5.41, 5.74) is 0. The molecule has 0 bridgehead atoms. The second kappa shape index (κ2) is 5.51.